The molecule has 0 saturated carbocycles. The molecule has 0 fully saturated rings. The molecular weight excluding hydrogens is 408 g/mol. The molecule has 1 N–H and O–H groups in total. The molecule has 0 aliphatic carbocycles. The van der Waals surface area contributed by atoms with Crippen molar-refractivity contribution in [1.29, 1.82) is 0 Å². The molecule has 8 nitrogen and oxygen atoms in total. The molecule has 162 valence electrons. The van der Waals surface area contributed by atoms with Crippen LogP contribution in [-0.4, -0.2) is 47.1 Å². The van der Waals surface area contributed by atoms with Gasteiger partial charge in [-0.25, -0.2) is 8.42 Å². The number of aryl methyl sites for hydroxylation is 1. The van der Waals surface area contributed by atoms with Gasteiger partial charge in [-0.05, 0) is 36.2 Å². The van der Waals surface area contributed by atoms with E-state index in [-0.39, 0.29) is 26.5 Å². The monoisotopic (exact) mass is 434 g/mol. The summed E-state index contributed by atoms with van der Waals surface area (Å²) in [5.41, 5.74) is 1.59. The number of hydrogen-bond acceptors (Lipinski definition) is 6. The summed E-state index contributed by atoms with van der Waals surface area (Å²) in [5.74, 6) is 1.28. The van der Waals surface area contributed by atoms with Crippen molar-refractivity contribution < 1.29 is 27.4 Å². The van der Waals surface area contributed by atoms with Gasteiger partial charge >= 0.3 is 0 Å². The lowest BCUT2D eigenvalue weighted by Gasteiger charge is -2.22. The van der Waals surface area contributed by atoms with Gasteiger partial charge in [-0.15, -0.1) is 0 Å². The van der Waals surface area contributed by atoms with Crippen LogP contribution in [0, 0.1) is 0 Å². The average Bonchev–Trinajstić information content (AvgIpc) is 3.18. The van der Waals surface area contributed by atoms with E-state index in [1.807, 2.05) is 24.3 Å². The lowest BCUT2D eigenvalue weighted by molar-refractivity contribution is -0.119. The van der Waals surface area contributed by atoms with E-state index in [0.29, 0.717) is 17.2 Å². The van der Waals surface area contributed by atoms with Gasteiger partial charge in [0.15, 0.2) is 11.5 Å². The standard InChI is InChI=1S/C21H26N2O6S/c1-3-4-16-5-8-18(9-6-16)27-12-11-22-21(24)14-23(30(2,25)26)17-7-10-19-20(13-17)29-15-28-19/h5-10,13H,3-4,11-12,14-15H2,1-2H3,(H,22,24). The predicted molar refractivity (Wildman–Crippen MR) is 114 cm³/mol. The second-order valence-corrected chi connectivity index (χ2v) is 8.81. The minimum atomic E-state index is -3.67. The lowest BCUT2D eigenvalue weighted by Crippen LogP contribution is -2.41. The van der Waals surface area contributed by atoms with Crippen molar-refractivity contribution >= 4 is 21.6 Å². The molecule has 1 aliphatic rings. The molecular formula is C21H26N2O6S. The maximum Gasteiger partial charge on any atom is 0.240 e. The minimum Gasteiger partial charge on any atom is -0.492 e. The summed E-state index contributed by atoms with van der Waals surface area (Å²) in [4.78, 5) is 12.3. The summed E-state index contributed by atoms with van der Waals surface area (Å²) in [6, 6.07) is 12.6. The highest BCUT2D eigenvalue weighted by atomic mass is 32.2. The Labute approximate surface area is 176 Å². The third kappa shape index (κ3) is 5.79. The zero-order chi connectivity index (χ0) is 21.6. The van der Waals surface area contributed by atoms with Crippen molar-refractivity contribution in [3.05, 3.63) is 48.0 Å². The fraction of sp³-hybridized carbons (Fsp3) is 0.381. The quantitative estimate of drug-likeness (QED) is 0.577. The van der Waals surface area contributed by atoms with Crippen LogP contribution >= 0.6 is 0 Å². The van der Waals surface area contributed by atoms with E-state index in [2.05, 4.69) is 12.2 Å². The molecule has 1 heterocycles. The number of nitrogens with zero attached hydrogens (tertiary/aromatic N) is 1. The van der Waals surface area contributed by atoms with E-state index in [9.17, 15) is 13.2 Å². The molecule has 30 heavy (non-hydrogen) atoms. The van der Waals surface area contributed by atoms with Crippen LogP contribution < -0.4 is 23.8 Å². The van der Waals surface area contributed by atoms with E-state index in [1.54, 1.807) is 18.2 Å². The van der Waals surface area contributed by atoms with Crippen molar-refractivity contribution in [1.82, 2.24) is 5.32 Å². The van der Waals surface area contributed by atoms with E-state index < -0.39 is 15.9 Å². The SMILES string of the molecule is CCCc1ccc(OCCNC(=O)CN(c2ccc3c(c2)OCO3)S(C)(=O)=O)cc1. The van der Waals surface area contributed by atoms with Gasteiger partial charge < -0.3 is 19.5 Å². The highest BCUT2D eigenvalue weighted by molar-refractivity contribution is 7.92. The van der Waals surface area contributed by atoms with Crippen molar-refractivity contribution in [3.63, 3.8) is 0 Å². The molecule has 0 aromatic heterocycles. The highest BCUT2D eigenvalue weighted by Crippen LogP contribution is 2.36. The molecule has 0 radical (unpaired) electrons. The topological polar surface area (TPSA) is 94.2 Å². The van der Waals surface area contributed by atoms with Crippen molar-refractivity contribution in [2.24, 2.45) is 0 Å². The van der Waals surface area contributed by atoms with Crippen LogP contribution in [0.4, 0.5) is 5.69 Å². The number of anilines is 1. The van der Waals surface area contributed by atoms with E-state index in [1.165, 1.54) is 5.56 Å². The number of rotatable bonds is 10. The Bertz CT molecular complexity index is 975. The maximum absolute atomic E-state index is 12.3. The van der Waals surface area contributed by atoms with Gasteiger partial charge in [0.25, 0.3) is 0 Å². The Kier molecular flexibility index (Phi) is 7.04. The molecule has 0 atom stereocenters. The highest BCUT2D eigenvalue weighted by Gasteiger charge is 2.23. The van der Waals surface area contributed by atoms with E-state index in [0.717, 1.165) is 29.2 Å². The molecule has 2 aromatic carbocycles. The molecule has 0 unspecified atom stereocenters. The Hall–Kier alpha value is -2.94. The summed E-state index contributed by atoms with van der Waals surface area (Å²) in [6.07, 6.45) is 3.16. The summed E-state index contributed by atoms with van der Waals surface area (Å²) in [7, 11) is -3.67. The fourth-order valence-electron chi connectivity index (χ4n) is 3.03. The lowest BCUT2D eigenvalue weighted by atomic mass is 10.1. The second-order valence-electron chi connectivity index (χ2n) is 6.90. The average molecular weight is 435 g/mol. The summed E-state index contributed by atoms with van der Waals surface area (Å²) in [6.45, 7) is 2.41. The Morgan fingerprint density at radius 1 is 1.13 bits per heavy atom. The molecule has 2 aromatic rings. The first-order chi connectivity index (χ1) is 14.4. The van der Waals surface area contributed by atoms with Gasteiger partial charge in [-0.2, -0.15) is 0 Å². The predicted octanol–water partition coefficient (Wildman–Crippen LogP) is 2.33. The molecule has 9 heteroatoms. The smallest absolute Gasteiger partial charge is 0.240 e. The van der Waals surface area contributed by atoms with E-state index >= 15 is 0 Å². The van der Waals surface area contributed by atoms with Gasteiger partial charge in [0, 0.05) is 6.07 Å². The summed E-state index contributed by atoms with van der Waals surface area (Å²) in [5, 5.41) is 2.68. The Morgan fingerprint density at radius 2 is 1.87 bits per heavy atom. The normalized spacial score (nSPS) is 12.5. The first-order valence-corrected chi connectivity index (χ1v) is 11.6. The van der Waals surface area contributed by atoms with E-state index in [4.69, 9.17) is 14.2 Å². The molecule has 0 saturated heterocycles. The molecule has 1 aliphatic heterocycles. The van der Waals surface area contributed by atoms with Gasteiger partial charge in [0.1, 0.15) is 18.9 Å². The zero-order valence-electron chi connectivity index (χ0n) is 17.1. The van der Waals surface area contributed by atoms with Crippen molar-refractivity contribution in [2.45, 2.75) is 19.8 Å². The fourth-order valence-corrected chi connectivity index (χ4v) is 3.88. The van der Waals surface area contributed by atoms with Crippen LogP contribution in [0.25, 0.3) is 0 Å². The Morgan fingerprint density at radius 3 is 2.57 bits per heavy atom. The molecule has 0 bridgehead atoms. The Balaban J connectivity index is 1.51. The third-order valence-corrected chi connectivity index (χ3v) is 5.63. The zero-order valence-corrected chi connectivity index (χ0v) is 17.9. The number of nitrogens with one attached hydrogen (secondary N) is 1. The number of hydrogen-bond donors (Lipinski definition) is 1. The maximum atomic E-state index is 12.3. The number of carbonyl (C=O) groups is 1. The van der Waals surface area contributed by atoms with Gasteiger partial charge in [0.05, 0.1) is 18.5 Å². The molecule has 0 spiro atoms. The first kappa shape index (κ1) is 21.8. The van der Waals surface area contributed by atoms with Crippen LogP contribution in [-0.2, 0) is 21.2 Å². The number of sulfonamides is 1. The van der Waals surface area contributed by atoms with Gasteiger partial charge in [0.2, 0.25) is 22.7 Å². The van der Waals surface area contributed by atoms with Gasteiger partial charge in [-0.1, -0.05) is 25.5 Å². The number of ether oxygens (including phenoxy) is 3. The number of amides is 1. The number of fused-ring (bicyclic) bond motifs is 1. The number of carbonyl (C=O) groups excluding carboxylic acids is 1. The van der Waals surface area contributed by atoms with Crippen molar-refractivity contribution in [3.8, 4) is 17.2 Å². The first-order valence-electron chi connectivity index (χ1n) is 9.72. The van der Waals surface area contributed by atoms with Gasteiger partial charge in [-0.3, -0.25) is 9.10 Å². The summed E-state index contributed by atoms with van der Waals surface area (Å²) >= 11 is 0. The second kappa shape index (κ2) is 9.71. The minimum absolute atomic E-state index is 0.0828. The number of benzene rings is 2. The van der Waals surface area contributed by atoms with Crippen molar-refractivity contribution in [2.75, 3.05) is 37.1 Å². The van der Waals surface area contributed by atoms with Crippen LogP contribution in [0.15, 0.2) is 42.5 Å². The van der Waals surface area contributed by atoms with Crippen LogP contribution in [0.2, 0.25) is 0 Å². The molecule has 3 rings (SSSR count). The summed E-state index contributed by atoms with van der Waals surface area (Å²) < 4.78 is 41.6. The molecule has 1 amide bonds. The van der Waals surface area contributed by atoms with Crippen LogP contribution in [0.3, 0.4) is 0 Å². The van der Waals surface area contributed by atoms with Crippen LogP contribution in [0.5, 0.6) is 17.2 Å². The van der Waals surface area contributed by atoms with Crippen LogP contribution in [0.1, 0.15) is 18.9 Å². The largest absolute Gasteiger partial charge is 0.492 e. The third-order valence-electron chi connectivity index (χ3n) is 4.49.